The molecule has 26 heavy (non-hydrogen) atoms. The fourth-order valence-electron chi connectivity index (χ4n) is 2.95. The molecule has 0 radical (unpaired) electrons. The van der Waals surface area contributed by atoms with Crippen molar-refractivity contribution in [2.24, 2.45) is 0 Å². The Kier molecular flexibility index (Phi) is 4.56. The summed E-state index contributed by atoms with van der Waals surface area (Å²) in [5.41, 5.74) is 3.60. The lowest BCUT2D eigenvalue weighted by Crippen LogP contribution is -2.01. The number of halogens is 1. The van der Waals surface area contributed by atoms with Crippen LogP contribution < -0.4 is 4.74 Å². The Morgan fingerprint density at radius 3 is 2.69 bits per heavy atom. The van der Waals surface area contributed by atoms with Crippen LogP contribution in [0.2, 0.25) is 5.15 Å². The molecule has 1 N–H and O–H groups in total. The number of aromatic nitrogens is 3. The highest BCUT2D eigenvalue weighted by molar-refractivity contribution is 6.35. The first-order valence-corrected chi connectivity index (χ1v) is 8.57. The maximum atomic E-state index is 8.96. The molecule has 0 aliphatic rings. The summed E-state index contributed by atoms with van der Waals surface area (Å²) in [6, 6.07) is 17.6. The summed E-state index contributed by atoms with van der Waals surface area (Å²) >= 11 is 6.41. The molecule has 0 spiro atoms. The van der Waals surface area contributed by atoms with E-state index in [1.165, 1.54) is 6.33 Å². The Labute approximate surface area is 155 Å². The lowest BCUT2D eigenvalue weighted by atomic mass is 10.1. The van der Waals surface area contributed by atoms with Gasteiger partial charge in [0.25, 0.3) is 0 Å². The molecule has 0 fully saturated rings. The van der Waals surface area contributed by atoms with Crippen molar-refractivity contribution in [3.63, 3.8) is 0 Å². The van der Waals surface area contributed by atoms with Crippen LogP contribution in [0.5, 0.6) is 5.75 Å². The molecule has 0 unspecified atom stereocenters. The average Bonchev–Trinajstić information content (AvgIpc) is 3.08. The summed E-state index contributed by atoms with van der Waals surface area (Å²) in [7, 11) is 0. The fraction of sp³-hybridized carbons (Fsp3) is 0.100. The molecule has 0 atom stereocenters. The van der Waals surface area contributed by atoms with Crippen LogP contribution in [0.15, 0.2) is 67.1 Å². The fourth-order valence-corrected chi connectivity index (χ4v) is 3.18. The first-order chi connectivity index (χ1) is 12.8. The normalized spacial score (nSPS) is 11.0. The highest BCUT2D eigenvalue weighted by Crippen LogP contribution is 2.36. The largest absolute Gasteiger partial charge is 0.491 e. The highest BCUT2D eigenvalue weighted by Gasteiger charge is 2.16. The van der Waals surface area contributed by atoms with E-state index in [4.69, 9.17) is 21.4 Å². The predicted molar refractivity (Wildman–Crippen MR) is 102 cm³/mol. The van der Waals surface area contributed by atoms with Crippen LogP contribution in [0.3, 0.4) is 0 Å². The van der Waals surface area contributed by atoms with Crippen molar-refractivity contribution in [3.05, 3.63) is 72.3 Å². The van der Waals surface area contributed by atoms with Crippen LogP contribution >= 0.6 is 11.6 Å². The van der Waals surface area contributed by atoms with Gasteiger partial charge in [-0.3, -0.25) is 0 Å². The van der Waals surface area contributed by atoms with Crippen molar-refractivity contribution in [3.8, 4) is 22.6 Å². The van der Waals surface area contributed by atoms with E-state index >= 15 is 0 Å². The molecule has 0 saturated heterocycles. The van der Waals surface area contributed by atoms with Crippen LogP contribution in [-0.2, 0) is 0 Å². The van der Waals surface area contributed by atoms with E-state index in [-0.39, 0.29) is 13.2 Å². The second-order valence-corrected chi connectivity index (χ2v) is 6.07. The van der Waals surface area contributed by atoms with Crippen molar-refractivity contribution in [1.82, 2.24) is 14.5 Å². The van der Waals surface area contributed by atoms with Gasteiger partial charge in [-0.1, -0.05) is 41.9 Å². The van der Waals surface area contributed by atoms with Crippen molar-refractivity contribution in [1.29, 1.82) is 0 Å². The number of fused-ring (bicyclic) bond motifs is 1. The second-order valence-electron chi connectivity index (χ2n) is 5.71. The van der Waals surface area contributed by atoms with Crippen molar-refractivity contribution < 1.29 is 9.84 Å². The van der Waals surface area contributed by atoms with E-state index in [0.29, 0.717) is 10.9 Å². The Morgan fingerprint density at radius 1 is 1.04 bits per heavy atom. The monoisotopic (exact) mass is 365 g/mol. The Hall–Kier alpha value is -2.89. The van der Waals surface area contributed by atoms with Crippen LogP contribution in [0, 0.1) is 0 Å². The Morgan fingerprint density at radius 2 is 1.88 bits per heavy atom. The smallest absolute Gasteiger partial charge is 0.150 e. The predicted octanol–water partition coefficient (Wildman–Crippen LogP) is 4.11. The van der Waals surface area contributed by atoms with E-state index < -0.39 is 0 Å². The zero-order valence-corrected chi connectivity index (χ0v) is 14.6. The SMILES string of the molecule is OCCOc1cccc(-c2cn(-c3ccccc3)c3ncnc(Cl)c23)c1. The number of para-hydroxylation sites is 1. The van der Waals surface area contributed by atoms with Crippen LogP contribution in [0.25, 0.3) is 27.8 Å². The molecule has 2 aromatic carbocycles. The van der Waals surface area contributed by atoms with Crippen LogP contribution in [0.1, 0.15) is 0 Å². The number of aliphatic hydroxyl groups excluding tert-OH is 1. The molecule has 130 valence electrons. The standard InChI is InChI=1S/C20H16ClN3O2/c21-19-18-17(14-5-4-8-16(11-14)26-10-9-25)12-24(20(18)23-13-22-19)15-6-2-1-3-7-15/h1-8,11-13,25H,9-10H2. The zero-order valence-electron chi connectivity index (χ0n) is 13.8. The molecular formula is C20H16ClN3O2. The number of hydrogen-bond acceptors (Lipinski definition) is 4. The Bertz CT molecular complexity index is 1050. The van der Waals surface area contributed by atoms with E-state index in [2.05, 4.69) is 9.97 Å². The van der Waals surface area contributed by atoms with Crippen LogP contribution in [-0.4, -0.2) is 32.9 Å². The van der Waals surface area contributed by atoms with Gasteiger partial charge in [0.2, 0.25) is 0 Å². The van der Waals surface area contributed by atoms with Gasteiger partial charge >= 0.3 is 0 Å². The lowest BCUT2D eigenvalue weighted by Gasteiger charge is -2.06. The van der Waals surface area contributed by atoms with Gasteiger partial charge in [-0.15, -0.1) is 0 Å². The summed E-state index contributed by atoms with van der Waals surface area (Å²) in [6.45, 7) is 0.219. The summed E-state index contributed by atoms with van der Waals surface area (Å²) in [5, 5.41) is 10.2. The first-order valence-electron chi connectivity index (χ1n) is 8.19. The number of ether oxygens (including phenoxy) is 1. The van der Waals surface area contributed by atoms with Gasteiger partial charge in [0.05, 0.1) is 12.0 Å². The van der Waals surface area contributed by atoms with Crippen LogP contribution in [0.4, 0.5) is 0 Å². The summed E-state index contributed by atoms with van der Waals surface area (Å²) in [5.74, 6) is 0.685. The van der Waals surface area contributed by atoms with Gasteiger partial charge in [-0.05, 0) is 29.8 Å². The molecule has 0 aliphatic heterocycles. The summed E-state index contributed by atoms with van der Waals surface area (Å²) in [4.78, 5) is 8.59. The number of rotatable bonds is 5. The number of aliphatic hydroxyl groups is 1. The third-order valence-electron chi connectivity index (χ3n) is 4.08. The maximum absolute atomic E-state index is 8.96. The quantitative estimate of drug-likeness (QED) is 0.541. The van der Waals surface area contributed by atoms with Gasteiger partial charge < -0.3 is 14.4 Å². The minimum Gasteiger partial charge on any atom is -0.491 e. The average molecular weight is 366 g/mol. The Balaban J connectivity index is 1.91. The van der Waals surface area contributed by atoms with Gasteiger partial charge in [0, 0.05) is 17.4 Å². The second kappa shape index (κ2) is 7.15. The van der Waals surface area contributed by atoms with Gasteiger partial charge in [-0.25, -0.2) is 9.97 Å². The van der Waals surface area contributed by atoms with E-state index in [1.807, 2.05) is 65.4 Å². The molecule has 4 aromatic rings. The lowest BCUT2D eigenvalue weighted by molar-refractivity contribution is 0.201. The highest BCUT2D eigenvalue weighted by atomic mass is 35.5. The van der Waals surface area contributed by atoms with E-state index in [1.54, 1.807) is 0 Å². The van der Waals surface area contributed by atoms with Gasteiger partial charge in [0.15, 0.2) is 0 Å². The van der Waals surface area contributed by atoms with E-state index in [0.717, 1.165) is 27.8 Å². The molecule has 2 aromatic heterocycles. The molecule has 0 aliphatic carbocycles. The van der Waals surface area contributed by atoms with Gasteiger partial charge in [-0.2, -0.15) is 0 Å². The van der Waals surface area contributed by atoms with Crippen molar-refractivity contribution >= 4 is 22.6 Å². The zero-order chi connectivity index (χ0) is 17.9. The summed E-state index contributed by atoms with van der Waals surface area (Å²) in [6.07, 6.45) is 3.47. The topological polar surface area (TPSA) is 60.2 Å². The molecule has 6 heteroatoms. The molecule has 5 nitrogen and oxygen atoms in total. The number of nitrogens with zero attached hydrogens (tertiary/aromatic N) is 3. The molecule has 0 bridgehead atoms. The minimum atomic E-state index is -0.0305. The maximum Gasteiger partial charge on any atom is 0.150 e. The number of benzene rings is 2. The molecular weight excluding hydrogens is 350 g/mol. The van der Waals surface area contributed by atoms with Crippen molar-refractivity contribution in [2.45, 2.75) is 0 Å². The minimum absolute atomic E-state index is 0.0305. The van der Waals surface area contributed by atoms with Gasteiger partial charge in [0.1, 0.15) is 29.5 Å². The van der Waals surface area contributed by atoms with Crippen molar-refractivity contribution in [2.75, 3.05) is 13.2 Å². The first kappa shape index (κ1) is 16.6. The summed E-state index contributed by atoms with van der Waals surface area (Å²) < 4.78 is 7.53. The van der Waals surface area contributed by atoms with E-state index in [9.17, 15) is 0 Å². The molecule has 0 amide bonds. The number of hydrogen-bond donors (Lipinski definition) is 1. The molecule has 4 rings (SSSR count). The molecule has 0 saturated carbocycles. The third kappa shape index (κ3) is 3.03. The third-order valence-corrected chi connectivity index (χ3v) is 4.36. The molecule has 2 heterocycles.